The number of imidazole rings is 1. The van der Waals surface area contributed by atoms with Crippen LogP contribution in [-0.2, 0) is 6.54 Å². The fourth-order valence-electron chi connectivity index (χ4n) is 1.73. The van der Waals surface area contributed by atoms with E-state index in [1.807, 2.05) is 4.57 Å². The zero-order chi connectivity index (χ0) is 11.7. The summed E-state index contributed by atoms with van der Waals surface area (Å²) >= 11 is 0. The van der Waals surface area contributed by atoms with Gasteiger partial charge in [0.25, 0.3) is 0 Å². The van der Waals surface area contributed by atoms with Crippen LogP contribution in [0, 0.1) is 5.92 Å². The summed E-state index contributed by atoms with van der Waals surface area (Å²) in [6, 6.07) is 5.00. The minimum Gasteiger partial charge on any atom is -0.478 e. The summed E-state index contributed by atoms with van der Waals surface area (Å²) in [5.74, 6) is -0.398. The first-order chi connectivity index (χ1) is 7.58. The second-order valence-electron chi connectivity index (χ2n) is 4.30. The average Bonchev–Trinajstić information content (AvgIpc) is 2.60. The standard InChI is InChI=1S/C12H14N2O2/c1-8(2)6-14-7-13-10-4-3-9(12(15)16)5-11(10)14/h3-5,7-8H,6H2,1-2H3,(H,15,16). The first kappa shape index (κ1) is 10.7. The molecule has 0 saturated carbocycles. The van der Waals surface area contributed by atoms with Crippen molar-refractivity contribution in [3.8, 4) is 0 Å². The fraction of sp³-hybridized carbons (Fsp3) is 0.333. The third-order valence-corrected chi connectivity index (χ3v) is 2.43. The van der Waals surface area contributed by atoms with Gasteiger partial charge < -0.3 is 9.67 Å². The smallest absolute Gasteiger partial charge is 0.335 e. The molecule has 0 saturated heterocycles. The van der Waals surface area contributed by atoms with Crippen LogP contribution < -0.4 is 0 Å². The van der Waals surface area contributed by atoms with Crippen LogP contribution in [0.1, 0.15) is 24.2 Å². The van der Waals surface area contributed by atoms with E-state index < -0.39 is 5.97 Å². The highest BCUT2D eigenvalue weighted by molar-refractivity contribution is 5.92. The van der Waals surface area contributed by atoms with Gasteiger partial charge in [0, 0.05) is 6.54 Å². The lowest BCUT2D eigenvalue weighted by Gasteiger charge is -2.07. The van der Waals surface area contributed by atoms with Crippen LogP contribution >= 0.6 is 0 Å². The number of aromatic nitrogens is 2. The third kappa shape index (κ3) is 1.91. The number of carboxylic acid groups (broad SMARTS) is 1. The van der Waals surface area contributed by atoms with Gasteiger partial charge in [-0.2, -0.15) is 0 Å². The Morgan fingerprint density at radius 1 is 1.50 bits per heavy atom. The van der Waals surface area contributed by atoms with Crippen molar-refractivity contribution in [1.29, 1.82) is 0 Å². The van der Waals surface area contributed by atoms with Crippen molar-refractivity contribution in [2.24, 2.45) is 5.92 Å². The molecule has 0 aliphatic heterocycles. The van der Waals surface area contributed by atoms with Gasteiger partial charge in [0.2, 0.25) is 0 Å². The molecule has 0 aliphatic rings. The lowest BCUT2D eigenvalue weighted by atomic mass is 10.2. The Balaban J connectivity index is 2.51. The SMILES string of the molecule is CC(C)Cn1cnc2ccc(C(=O)O)cc21. The number of aromatic carboxylic acids is 1. The number of benzene rings is 1. The first-order valence-corrected chi connectivity index (χ1v) is 5.26. The maximum atomic E-state index is 10.9. The molecule has 2 rings (SSSR count). The Labute approximate surface area is 93.5 Å². The molecular formula is C12H14N2O2. The lowest BCUT2D eigenvalue weighted by molar-refractivity contribution is 0.0697. The van der Waals surface area contributed by atoms with Crippen LogP contribution in [0.3, 0.4) is 0 Å². The predicted octanol–water partition coefficient (Wildman–Crippen LogP) is 2.39. The van der Waals surface area contributed by atoms with Crippen molar-refractivity contribution in [2.75, 3.05) is 0 Å². The number of hydrogen-bond acceptors (Lipinski definition) is 2. The van der Waals surface area contributed by atoms with Gasteiger partial charge in [0.15, 0.2) is 0 Å². The van der Waals surface area contributed by atoms with Crippen LogP contribution in [0.5, 0.6) is 0 Å². The molecule has 0 spiro atoms. The van der Waals surface area contributed by atoms with E-state index in [4.69, 9.17) is 5.11 Å². The summed E-state index contributed by atoms with van der Waals surface area (Å²) in [5, 5.41) is 8.92. The molecule has 4 nitrogen and oxygen atoms in total. The van der Waals surface area contributed by atoms with Gasteiger partial charge in [-0.15, -0.1) is 0 Å². The largest absolute Gasteiger partial charge is 0.478 e. The maximum Gasteiger partial charge on any atom is 0.335 e. The van der Waals surface area contributed by atoms with E-state index >= 15 is 0 Å². The van der Waals surface area contributed by atoms with E-state index in [0.29, 0.717) is 11.5 Å². The molecule has 0 bridgehead atoms. The number of hydrogen-bond donors (Lipinski definition) is 1. The van der Waals surface area contributed by atoms with Gasteiger partial charge in [0.1, 0.15) is 0 Å². The molecule has 0 atom stereocenters. The summed E-state index contributed by atoms with van der Waals surface area (Å²) in [7, 11) is 0. The summed E-state index contributed by atoms with van der Waals surface area (Å²) in [6.07, 6.45) is 1.76. The molecule has 1 N–H and O–H groups in total. The molecule has 16 heavy (non-hydrogen) atoms. The van der Waals surface area contributed by atoms with Crippen molar-refractivity contribution in [3.63, 3.8) is 0 Å². The van der Waals surface area contributed by atoms with Crippen LogP contribution in [0.2, 0.25) is 0 Å². The number of fused-ring (bicyclic) bond motifs is 1. The highest BCUT2D eigenvalue weighted by Crippen LogP contribution is 2.16. The van der Waals surface area contributed by atoms with E-state index in [1.54, 1.807) is 24.5 Å². The van der Waals surface area contributed by atoms with Crippen LogP contribution in [0.15, 0.2) is 24.5 Å². The van der Waals surface area contributed by atoms with E-state index in [0.717, 1.165) is 17.6 Å². The maximum absolute atomic E-state index is 10.9. The van der Waals surface area contributed by atoms with Gasteiger partial charge in [0.05, 0.1) is 22.9 Å². The minimum absolute atomic E-state index is 0.304. The second-order valence-corrected chi connectivity index (χ2v) is 4.30. The van der Waals surface area contributed by atoms with Crippen LogP contribution in [0.4, 0.5) is 0 Å². The van der Waals surface area contributed by atoms with E-state index in [9.17, 15) is 4.79 Å². The molecule has 84 valence electrons. The molecule has 1 aromatic heterocycles. The monoisotopic (exact) mass is 218 g/mol. The van der Waals surface area contributed by atoms with Gasteiger partial charge >= 0.3 is 5.97 Å². The zero-order valence-electron chi connectivity index (χ0n) is 9.34. The fourth-order valence-corrected chi connectivity index (χ4v) is 1.73. The number of carbonyl (C=O) groups is 1. The molecule has 4 heteroatoms. The van der Waals surface area contributed by atoms with E-state index in [1.165, 1.54) is 0 Å². The summed E-state index contributed by atoms with van der Waals surface area (Å²) in [4.78, 5) is 15.1. The zero-order valence-corrected chi connectivity index (χ0v) is 9.34. The molecule has 2 aromatic rings. The van der Waals surface area contributed by atoms with Gasteiger partial charge in [-0.25, -0.2) is 9.78 Å². The molecule has 1 heterocycles. The molecule has 0 amide bonds. The average molecular weight is 218 g/mol. The first-order valence-electron chi connectivity index (χ1n) is 5.26. The Morgan fingerprint density at radius 3 is 2.88 bits per heavy atom. The number of rotatable bonds is 3. The van der Waals surface area contributed by atoms with Gasteiger partial charge in [-0.05, 0) is 24.1 Å². The van der Waals surface area contributed by atoms with Crippen molar-refractivity contribution in [1.82, 2.24) is 9.55 Å². The second kappa shape index (κ2) is 3.96. The molecule has 1 aromatic carbocycles. The molecule has 0 aliphatic carbocycles. The normalized spacial score (nSPS) is 11.2. The Hall–Kier alpha value is -1.84. The number of carboxylic acids is 1. The van der Waals surface area contributed by atoms with Gasteiger partial charge in [-0.3, -0.25) is 0 Å². The summed E-state index contributed by atoms with van der Waals surface area (Å²) in [6.45, 7) is 5.08. The summed E-state index contributed by atoms with van der Waals surface area (Å²) in [5.41, 5.74) is 2.03. The van der Waals surface area contributed by atoms with E-state index in [2.05, 4.69) is 18.8 Å². The third-order valence-electron chi connectivity index (χ3n) is 2.43. The van der Waals surface area contributed by atoms with Crippen molar-refractivity contribution < 1.29 is 9.90 Å². The van der Waals surface area contributed by atoms with E-state index in [-0.39, 0.29) is 0 Å². The summed E-state index contributed by atoms with van der Waals surface area (Å²) < 4.78 is 1.99. The predicted molar refractivity (Wildman–Crippen MR) is 61.5 cm³/mol. The molecule has 0 fully saturated rings. The van der Waals surface area contributed by atoms with Crippen LogP contribution in [0.25, 0.3) is 11.0 Å². The molecule has 0 radical (unpaired) electrons. The molecular weight excluding hydrogens is 204 g/mol. The van der Waals surface area contributed by atoms with Crippen molar-refractivity contribution >= 4 is 17.0 Å². The molecule has 0 unspecified atom stereocenters. The van der Waals surface area contributed by atoms with Crippen molar-refractivity contribution in [3.05, 3.63) is 30.1 Å². The number of nitrogens with zero attached hydrogens (tertiary/aromatic N) is 2. The Bertz CT molecular complexity index is 529. The Morgan fingerprint density at radius 2 is 2.25 bits per heavy atom. The van der Waals surface area contributed by atoms with Crippen molar-refractivity contribution in [2.45, 2.75) is 20.4 Å². The highest BCUT2D eigenvalue weighted by atomic mass is 16.4. The van der Waals surface area contributed by atoms with Gasteiger partial charge in [-0.1, -0.05) is 13.8 Å². The quantitative estimate of drug-likeness (QED) is 0.860. The Kier molecular flexibility index (Phi) is 2.64. The minimum atomic E-state index is -0.904. The lowest BCUT2D eigenvalue weighted by Crippen LogP contribution is -2.03. The highest BCUT2D eigenvalue weighted by Gasteiger charge is 2.08. The topological polar surface area (TPSA) is 55.1 Å². The van der Waals surface area contributed by atoms with Crippen LogP contribution in [-0.4, -0.2) is 20.6 Å².